The summed E-state index contributed by atoms with van der Waals surface area (Å²) in [4.78, 5) is 11.6. The van der Waals surface area contributed by atoms with Crippen LogP contribution in [0.5, 0.6) is 5.75 Å². The maximum atomic E-state index is 11.8. The van der Waals surface area contributed by atoms with Crippen molar-refractivity contribution in [3.8, 4) is 5.75 Å². The Bertz CT molecular complexity index is 567. The lowest BCUT2D eigenvalue weighted by Gasteiger charge is -2.12. The van der Waals surface area contributed by atoms with E-state index in [9.17, 15) is 13.2 Å². The van der Waals surface area contributed by atoms with Gasteiger partial charge < -0.3 is 10.1 Å². The number of carbonyl (C=O) groups excluding carboxylic acids is 1. The van der Waals surface area contributed by atoms with Gasteiger partial charge in [-0.2, -0.15) is 0 Å². The second-order valence-corrected chi connectivity index (χ2v) is 5.80. The number of ether oxygens (including phenoxy) is 1. The zero-order valence-corrected chi connectivity index (χ0v) is 12.0. The normalized spacial score (nSPS) is 11.4. The molecular formula is C12H18N2O4S. The zero-order valence-electron chi connectivity index (χ0n) is 11.1. The van der Waals surface area contributed by atoms with Crippen LogP contribution < -0.4 is 15.2 Å². The molecule has 0 saturated heterocycles. The van der Waals surface area contributed by atoms with Crippen LogP contribution in [0.15, 0.2) is 23.1 Å². The molecule has 0 fully saturated rings. The number of nitrogens with one attached hydrogen (secondary N) is 1. The van der Waals surface area contributed by atoms with Crippen molar-refractivity contribution >= 4 is 15.9 Å². The first-order chi connectivity index (χ1) is 8.75. The van der Waals surface area contributed by atoms with E-state index in [1.807, 2.05) is 13.8 Å². The number of amides is 1. The Kier molecular flexibility index (Phi) is 4.90. The van der Waals surface area contributed by atoms with Gasteiger partial charge in [-0.1, -0.05) is 0 Å². The summed E-state index contributed by atoms with van der Waals surface area (Å²) in [6.45, 7) is 5.66. The second-order valence-electron chi connectivity index (χ2n) is 4.27. The average Bonchev–Trinajstić information content (AvgIpc) is 2.27. The monoisotopic (exact) mass is 286 g/mol. The van der Waals surface area contributed by atoms with Gasteiger partial charge in [-0.3, -0.25) is 4.79 Å². The predicted octanol–water partition coefficient (Wildman–Crippen LogP) is 0.871. The van der Waals surface area contributed by atoms with Crippen molar-refractivity contribution in [2.24, 2.45) is 5.14 Å². The number of benzene rings is 1. The number of hydrogen-bond acceptors (Lipinski definition) is 4. The van der Waals surface area contributed by atoms with Gasteiger partial charge >= 0.3 is 0 Å². The molecule has 0 aromatic heterocycles. The van der Waals surface area contributed by atoms with E-state index in [0.29, 0.717) is 6.61 Å². The van der Waals surface area contributed by atoms with Crippen LogP contribution >= 0.6 is 0 Å². The molecule has 0 aliphatic heterocycles. The molecule has 0 saturated carbocycles. The van der Waals surface area contributed by atoms with Crippen molar-refractivity contribution in [3.63, 3.8) is 0 Å². The largest absolute Gasteiger partial charge is 0.492 e. The fourth-order valence-corrected chi connectivity index (χ4v) is 2.19. The molecule has 1 rings (SSSR count). The van der Waals surface area contributed by atoms with Gasteiger partial charge in [0.2, 0.25) is 10.0 Å². The smallest absolute Gasteiger partial charge is 0.251 e. The maximum absolute atomic E-state index is 11.8. The van der Waals surface area contributed by atoms with E-state index in [0.717, 1.165) is 0 Å². The summed E-state index contributed by atoms with van der Waals surface area (Å²) in [5.41, 5.74) is 0.223. The van der Waals surface area contributed by atoms with Gasteiger partial charge in [0.15, 0.2) is 0 Å². The summed E-state index contributed by atoms with van der Waals surface area (Å²) < 4.78 is 28.2. The molecule has 106 valence electrons. The molecule has 0 atom stereocenters. The Morgan fingerprint density at radius 3 is 2.53 bits per heavy atom. The molecule has 1 amide bonds. The van der Waals surface area contributed by atoms with Crippen LogP contribution in [0.25, 0.3) is 0 Å². The lowest BCUT2D eigenvalue weighted by molar-refractivity contribution is 0.0943. The van der Waals surface area contributed by atoms with E-state index in [-0.39, 0.29) is 28.2 Å². The SMILES string of the molecule is CCOc1ccc(C(=O)NC(C)C)cc1S(N)(=O)=O. The summed E-state index contributed by atoms with van der Waals surface area (Å²) in [7, 11) is -3.95. The van der Waals surface area contributed by atoms with Crippen LogP contribution in [-0.4, -0.2) is 27.0 Å². The third-order valence-corrected chi connectivity index (χ3v) is 3.16. The molecule has 0 bridgehead atoms. The van der Waals surface area contributed by atoms with Crippen LogP contribution in [0.3, 0.4) is 0 Å². The zero-order chi connectivity index (χ0) is 14.6. The van der Waals surface area contributed by atoms with Crippen LogP contribution in [0, 0.1) is 0 Å². The Hall–Kier alpha value is -1.60. The standard InChI is InChI=1S/C12H18N2O4S/c1-4-18-10-6-5-9(12(15)14-8(2)3)7-11(10)19(13,16)17/h5-8H,4H2,1-3H3,(H,14,15)(H2,13,16,17). The van der Waals surface area contributed by atoms with Gasteiger partial charge in [0.25, 0.3) is 5.91 Å². The summed E-state index contributed by atoms with van der Waals surface area (Å²) in [6, 6.07) is 4.10. The highest BCUT2D eigenvalue weighted by Crippen LogP contribution is 2.24. The molecule has 1 aromatic carbocycles. The van der Waals surface area contributed by atoms with Crippen molar-refractivity contribution in [2.45, 2.75) is 31.7 Å². The Morgan fingerprint density at radius 2 is 2.05 bits per heavy atom. The number of hydrogen-bond donors (Lipinski definition) is 2. The minimum absolute atomic E-state index is 0.0444. The van der Waals surface area contributed by atoms with E-state index in [4.69, 9.17) is 9.88 Å². The topological polar surface area (TPSA) is 98.5 Å². The van der Waals surface area contributed by atoms with Crippen molar-refractivity contribution in [1.29, 1.82) is 0 Å². The highest BCUT2D eigenvalue weighted by Gasteiger charge is 2.18. The number of sulfonamides is 1. The van der Waals surface area contributed by atoms with Gasteiger partial charge in [-0.15, -0.1) is 0 Å². The van der Waals surface area contributed by atoms with Crippen LogP contribution in [0.2, 0.25) is 0 Å². The van der Waals surface area contributed by atoms with Gasteiger partial charge in [-0.25, -0.2) is 13.6 Å². The number of nitrogens with two attached hydrogens (primary N) is 1. The molecule has 0 radical (unpaired) electrons. The Morgan fingerprint density at radius 1 is 1.42 bits per heavy atom. The number of rotatable bonds is 5. The molecule has 1 aromatic rings. The minimum atomic E-state index is -3.95. The Balaban J connectivity index is 3.22. The van der Waals surface area contributed by atoms with Gasteiger partial charge in [-0.05, 0) is 39.0 Å². The van der Waals surface area contributed by atoms with E-state index < -0.39 is 10.0 Å². The fourth-order valence-electron chi connectivity index (χ4n) is 1.49. The molecule has 0 aliphatic rings. The van der Waals surface area contributed by atoms with E-state index in [1.54, 1.807) is 6.92 Å². The third-order valence-electron chi connectivity index (χ3n) is 2.23. The van der Waals surface area contributed by atoms with Crippen molar-refractivity contribution in [2.75, 3.05) is 6.61 Å². The van der Waals surface area contributed by atoms with Gasteiger partial charge in [0.05, 0.1) is 6.61 Å². The van der Waals surface area contributed by atoms with Crippen LogP contribution in [-0.2, 0) is 10.0 Å². The lowest BCUT2D eigenvalue weighted by atomic mass is 10.2. The first kappa shape index (κ1) is 15.5. The van der Waals surface area contributed by atoms with E-state index >= 15 is 0 Å². The number of carbonyl (C=O) groups is 1. The molecule has 3 N–H and O–H groups in total. The summed E-state index contributed by atoms with van der Waals surface area (Å²) in [5, 5.41) is 7.79. The molecule has 0 spiro atoms. The van der Waals surface area contributed by atoms with Crippen LogP contribution in [0.4, 0.5) is 0 Å². The fraction of sp³-hybridized carbons (Fsp3) is 0.417. The molecular weight excluding hydrogens is 268 g/mol. The summed E-state index contributed by atoms with van der Waals surface area (Å²) in [5.74, 6) is -0.214. The first-order valence-electron chi connectivity index (χ1n) is 5.86. The lowest BCUT2D eigenvalue weighted by Crippen LogP contribution is -2.30. The van der Waals surface area contributed by atoms with Crippen molar-refractivity contribution < 1.29 is 17.9 Å². The number of primary sulfonamides is 1. The van der Waals surface area contributed by atoms with Gasteiger partial charge in [0, 0.05) is 11.6 Å². The van der Waals surface area contributed by atoms with Crippen molar-refractivity contribution in [3.05, 3.63) is 23.8 Å². The quantitative estimate of drug-likeness (QED) is 0.839. The average molecular weight is 286 g/mol. The minimum Gasteiger partial charge on any atom is -0.492 e. The van der Waals surface area contributed by atoms with E-state index in [1.165, 1.54) is 18.2 Å². The third kappa shape index (κ3) is 4.22. The highest BCUT2D eigenvalue weighted by molar-refractivity contribution is 7.89. The highest BCUT2D eigenvalue weighted by atomic mass is 32.2. The van der Waals surface area contributed by atoms with Gasteiger partial charge in [0.1, 0.15) is 10.6 Å². The molecule has 0 aliphatic carbocycles. The van der Waals surface area contributed by atoms with Crippen molar-refractivity contribution in [1.82, 2.24) is 5.32 Å². The molecule has 6 nitrogen and oxygen atoms in total. The molecule has 0 unspecified atom stereocenters. The van der Waals surface area contributed by atoms with E-state index in [2.05, 4.69) is 5.32 Å². The Labute approximate surface area is 113 Å². The summed E-state index contributed by atoms with van der Waals surface area (Å²) in [6.07, 6.45) is 0. The second kappa shape index (κ2) is 6.03. The predicted molar refractivity (Wildman–Crippen MR) is 71.6 cm³/mol. The summed E-state index contributed by atoms with van der Waals surface area (Å²) >= 11 is 0. The maximum Gasteiger partial charge on any atom is 0.251 e. The molecule has 0 heterocycles. The van der Waals surface area contributed by atoms with Crippen LogP contribution in [0.1, 0.15) is 31.1 Å². The first-order valence-corrected chi connectivity index (χ1v) is 7.40. The molecule has 7 heteroatoms. The molecule has 19 heavy (non-hydrogen) atoms.